The summed E-state index contributed by atoms with van der Waals surface area (Å²) >= 11 is 0. The summed E-state index contributed by atoms with van der Waals surface area (Å²) in [6.45, 7) is 0. The second-order valence-corrected chi connectivity index (χ2v) is 12.5. The monoisotopic (exact) mass is 622 g/mol. The normalized spacial score (nSPS) is 11.7. The molecule has 0 aliphatic rings. The number of benzene rings is 8. The van der Waals surface area contributed by atoms with Crippen LogP contribution in [0.4, 0.5) is 0 Å². The van der Waals surface area contributed by atoms with Gasteiger partial charge in [0.25, 0.3) is 0 Å². The maximum absolute atomic E-state index is 9.45. The van der Waals surface area contributed by atoms with E-state index in [1.54, 1.807) is 0 Å². The van der Waals surface area contributed by atoms with Crippen molar-refractivity contribution in [3.63, 3.8) is 0 Å². The number of rotatable bonds is 3. The summed E-state index contributed by atoms with van der Waals surface area (Å²) in [7, 11) is 0. The van der Waals surface area contributed by atoms with E-state index in [-0.39, 0.29) is 0 Å². The molecule has 0 aliphatic heterocycles. The minimum atomic E-state index is 0.615. The van der Waals surface area contributed by atoms with Crippen molar-refractivity contribution in [2.45, 2.75) is 0 Å². The van der Waals surface area contributed by atoms with Crippen molar-refractivity contribution < 1.29 is 0 Å². The maximum Gasteiger partial charge on any atom is 0.149 e. The summed E-state index contributed by atoms with van der Waals surface area (Å²) in [5.41, 5.74) is 9.92. The van der Waals surface area contributed by atoms with Gasteiger partial charge in [0.1, 0.15) is 11.5 Å². The Morgan fingerprint density at radius 1 is 0.449 bits per heavy atom. The minimum Gasteiger partial charge on any atom is -0.276 e. The second-order valence-electron chi connectivity index (χ2n) is 12.5. The molecule has 0 spiro atoms. The van der Waals surface area contributed by atoms with Gasteiger partial charge in [0.2, 0.25) is 0 Å². The molecule has 0 bridgehead atoms. The summed E-state index contributed by atoms with van der Waals surface area (Å²) in [6, 6.07) is 57.5. The third-order valence-corrected chi connectivity index (χ3v) is 9.77. The molecule has 49 heavy (non-hydrogen) atoms. The zero-order chi connectivity index (χ0) is 32.5. The van der Waals surface area contributed by atoms with Crippen LogP contribution in [0.5, 0.6) is 0 Å². The number of imidazole rings is 1. The molecule has 8 aromatic carbocycles. The van der Waals surface area contributed by atoms with Gasteiger partial charge >= 0.3 is 0 Å². The van der Waals surface area contributed by atoms with E-state index in [0.717, 1.165) is 44.5 Å². The van der Waals surface area contributed by atoms with E-state index in [9.17, 15) is 5.26 Å². The first-order valence-corrected chi connectivity index (χ1v) is 16.4. The highest BCUT2D eigenvalue weighted by molar-refractivity contribution is 6.22. The van der Waals surface area contributed by atoms with Crippen LogP contribution in [0.3, 0.4) is 0 Å². The number of hydrogen-bond acceptors (Lipinski definition) is 3. The van der Waals surface area contributed by atoms with Crippen molar-refractivity contribution in [2.75, 3.05) is 0 Å². The van der Waals surface area contributed by atoms with E-state index < -0.39 is 0 Å². The van der Waals surface area contributed by atoms with Crippen LogP contribution in [0.1, 0.15) is 5.56 Å². The van der Waals surface area contributed by atoms with Gasteiger partial charge in [-0.2, -0.15) is 5.26 Å². The molecule has 0 fully saturated rings. The Morgan fingerprint density at radius 2 is 1.02 bits per heavy atom. The first-order valence-electron chi connectivity index (χ1n) is 16.4. The Kier molecular flexibility index (Phi) is 5.90. The van der Waals surface area contributed by atoms with Crippen molar-refractivity contribution in [1.29, 1.82) is 5.26 Å². The summed E-state index contributed by atoms with van der Waals surface area (Å²) in [5, 5.41) is 17.7. The van der Waals surface area contributed by atoms with Crippen molar-refractivity contribution in [1.82, 2.24) is 14.4 Å². The number of hydrogen-bond donors (Lipinski definition) is 0. The first kappa shape index (κ1) is 27.3. The topological polar surface area (TPSA) is 54.0 Å². The van der Waals surface area contributed by atoms with Gasteiger partial charge in [0, 0.05) is 10.9 Å². The Morgan fingerprint density at radius 3 is 1.71 bits per heavy atom. The van der Waals surface area contributed by atoms with Crippen LogP contribution in [0.2, 0.25) is 0 Å². The van der Waals surface area contributed by atoms with E-state index in [1.807, 2.05) is 42.5 Å². The average molecular weight is 623 g/mol. The van der Waals surface area contributed by atoms with Crippen LogP contribution < -0.4 is 0 Å². The minimum absolute atomic E-state index is 0.615. The SMILES string of the molecule is N#Cc1ccc(-c2nc3cc(-c4c5ccccc5c(-c5ccc6ccccc6c5)c5ccccc45)ccc3c3nc4ccccc4n23)cc1. The fourth-order valence-corrected chi connectivity index (χ4v) is 7.54. The first-order chi connectivity index (χ1) is 24.2. The summed E-state index contributed by atoms with van der Waals surface area (Å²) in [4.78, 5) is 10.4. The molecule has 0 radical (unpaired) electrons. The van der Waals surface area contributed by atoms with Gasteiger partial charge in [-0.1, -0.05) is 103 Å². The summed E-state index contributed by atoms with van der Waals surface area (Å²) in [5.74, 6) is 0.791. The Balaban J connectivity index is 1.27. The summed E-state index contributed by atoms with van der Waals surface area (Å²) < 4.78 is 2.14. The predicted molar refractivity (Wildman–Crippen MR) is 202 cm³/mol. The van der Waals surface area contributed by atoms with E-state index in [2.05, 4.69) is 126 Å². The molecule has 0 atom stereocenters. The lowest BCUT2D eigenvalue weighted by Crippen LogP contribution is -1.98. The van der Waals surface area contributed by atoms with Gasteiger partial charge in [-0.15, -0.1) is 0 Å². The molecule has 10 rings (SSSR count). The van der Waals surface area contributed by atoms with Crippen molar-refractivity contribution in [2.24, 2.45) is 0 Å². The number of nitrogens with zero attached hydrogens (tertiary/aromatic N) is 4. The van der Waals surface area contributed by atoms with Gasteiger partial charge in [0.05, 0.1) is 28.2 Å². The largest absolute Gasteiger partial charge is 0.276 e. The molecule has 2 aromatic heterocycles. The standard InChI is InChI=1S/C45H26N4/c46-27-28-17-19-30(20-18-28)44-48-40-26-33(23-24-38(40)45-47-39-15-7-8-16-41(39)49(44)45)43-36-13-5-3-11-34(36)42(35-12-4-6-14-37(35)43)32-22-21-29-9-1-2-10-31(29)25-32/h1-26H. The second kappa shape index (κ2) is 10.6. The van der Waals surface area contributed by atoms with E-state index in [1.165, 1.54) is 49.0 Å². The number of nitriles is 1. The quantitative estimate of drug-likeness (QED) is 0.184. The van der Waals surface area contributed by atoms with Crippen LogP contribution >= 0.6 is 0 Å². The van der Waals surface area contributed by atoms with Crippen molar-refractivity contribution in [3.8, 4) is 39.7 Å². The van der Waals surface area contributed by atoms with Crippen molar-refractivity contribution in [3.05, 3.63) is 163 Å². The third kappa shape index (κ3) is 4.16. The highest BCUT2D eigenvalue weighted by Crippen LogP contribution is 2.44. The smallest absolute Gasteiger partial charge is 0.149 e. The molecule has 10 aromatic rings. The molecule has 4 heteroatoms. The molecule has 0 amide bonds. The molecule has 226 valence electrons. The fraction of sp³-hybridized carbons (Fsp3) is 0. The lowest BCUT2D eigenvalue weighted by molar-refractivity contribution is 1.16. The average Bonchev–Trinajstić information content (AvgIpc) is 3.56. The molecule has 0 N–H and O–H groups in total. The van der Waals surface area contributed by atoms with Gasteiger partial charge in [-0.25, -0.2) is 9.97 Å². The van der Waals surface area contributed by atoms with Crippen LogP contribution in [0.15, 0.2) is 158 Å². The highest BCUT2D eigenvalue weighted by Gasteiger charge is 2.19. The third-order valence-electron chi connectivity index (χ3n) is 9.77. The summed E-state index contributed by atoms with van der Waals surface area (Å²) in [6.07, 6.45) is 0. The van der Waals surface area contributed by atoms with E-state index >= 15 is 0 Å². The number of fused-ring (bicyclic) bond motifs is 8. The Hall–Kier alpha value is -6.83. The van der Waals surface area contributed by atoms with Crippen molar-refractivity contribution >= 4 is 59.9 Å². The molecule has 0 aliphatic carbocycles. The zero-order valence-corrected chi connectivity index (χ0v) is 26.3. The van der Waals surface area contributed by atoms with Crippen LogP contribution in [0.25, 0.3) is 93.5 Å². The fourth-order valence-electron chi connectivity index (χ4n) is 7.54. The van der Waals surface area contributed by atoms with Gasteiger partial charge in [0.15, 0.2) is 0 Å². The van der Waals surface area contributed by atoms with Gasteiger partial charge in [-0.3, -0.25) is 4.40 Å². The zero-order valence-electron chi connectivity index (χ0n) is 26.3. The number of para-hydroxylation sites is 2. The van der Waals surface area contributed by atoms with Crippen LogP contribution in [0, 0.1) is 11.3 Å². The Bertz CT molecular complexity index is 2940. The molecule has 4 nitrogen and oxygen atoms in total. The van der Waals surface area contributed by atoms with E-state index in [4.69, 9.17) is 9.97 Å². The lowest BCUT2D eigenvalue weighted by atomic mass is 9.85. The van der Waals surface area contributed by atoms with Gasteiger partial charge in [-0.05, 0) is 109 Å². The van der Waals surface area contributed by atoms with E-state index in [0.29, 0.717) is 5.56 Å². The van der Waals surface area contributed by atoms with Gasteiger partial charge < -0.3 is 0 Å². The molecular formula is C45H26N4. The molecular weight excluding hydrogens is 597 g/mol. The number of aromatic nitrogens is 3. The van der Waals surface area contributed by atoms with Crippen LogP contribution in [-0.4, -0.2) is 14.4 Å². The molecule has 0 saturated carbocycles. The molecule has 0 saturated heterocycles. The van der Waals surface area contributed by atoms with Crippen LogP contribution in [-0.2, 0) is 0 Å². The highest BCUT2D eigenvalue weighted by atomic mass is 15.1. The Labute approximate surface area is 281 Å². The predicted octanol–water partition coefficient (Wildman–Crippen LogP) is 11.4. The molecule has 2 heterocycles. The lowest BCUT2D eigenvalue weighted by Gasteiger charge is -2.18. The maximum atomic E-state index is 9.45. The molecule has 0 unspecified atom stereocenters.